The summed E-state index contributed by atoms with van der Waals surface area (Å²) in [5.41, 5.74) is 6.17. The molecule has 3 nitrogen and oxygen atoms in total. The van der Waals surface area contributed by atoms with Crippen LogP contribution in [-0.2, 0) is 4.74 Å². The van der Waals surface area contributed by atoms with Gasteiger partial charge in [0.15, 0.2) is 0 Å². The summed E-state index contributed by atoms with van der Waals surface area (Å²) in [6, 6.07) is 9.86. The first-order chi connectivity index (χ1) is 7.79. The van der Waals surface area contributed by atoms with Gasteiger partial charge in [-0.2, -0.15) is 0 Å². The van der Waals surface area contributed by atoms with E-state index in [4.69, 9.17) is 15.2 Å². The summed E-state index contributed by atoms with van der Waals surface area (Å²) in [4.78, 5) is 0. The molecule has 0 spiro atoms. The standard InChI is InChI=1S/C13H19NO2/c14-13(6-9-15-10-7-13)8-11-16-12-4-2-1-3-5-12/h1-5H,6-11,14H2. The van der Waals surface area contributed by atoms with Crippen LogP contribution in [-0.4, -0.2) is 25.4 Å². The Morgan fingerprint density at radius 2 is 1.88 bits per heavy atom. The average molecular weight is 221 g/mol. The molecule has 0 aromatic heterocycles. The molecule has 2 N–H and O–H groups in total. The van der Waals surface area contributed by atoms with Crippen LogP contribution in [0.25, 0.3) is 0 Å². The van der Waals surface area contributed by atoms with E-state index in [2.05, 4.69) is 0 Å². The third kappa shape index (κ3) is 3.22. The average Bonchev–Trinajstić information content (AvgIpc) is 2.31. The van der Waals surface area contributed by atoms with Gasteiger partial charge in [-0.05, 0) is 31.4 Å². The first kappa shape index (κ1) is 11.4. The van der Waals surface area contributed by atoms with E-state index in [0.717, 1.165) is 38.2 Å². The molecule has 2 rings (SSSR count). The molecule has 0 amide bonds. The zero-order valence-electron chi connectivity index (χ0n) is 9.52. The topological polar surface area (TPSA) is 44.5 Å². The SMILES string of the molecule is NC1(CCOc2ccccc2)CCOCC1. The lowest BCUT2D eigenvalue weighted by Gasteiger charge is -2.33. The van der Waals surface area contributed by atoms with E-state index in [0.29, 0.717) is 6.61 Å². The molecular weight excluding hydrogens is 202 g/mol. The van der Waals surface area contributed by atoms with Gasteiger partial charge in [0.25, 0.3) is 0 Å². The van der Waals surface area contributed by atoms with Gasteiger partial charge in [0.05, 0.1) is 6.61 Å². The van der Waals surface area contributed by atoms with Gasteiger partial charge in [0, 0.05) is 18.8 Å². The van der Waals surface area contributed by atoms with E-state index < -0.39 is 0 Å². The van der Waals surface area contributed by atoms with Crippen LogP contribution < -0.4 is 10.5 Å². The monoisotopic (exact) mass is 221 g/mol. The summed E-state index contributed by atoms with van der Waals surface area (Å²) in [7, 11) is 0. The van der Waals surface area contributed by atoms with Crippen molar-refractivity contribution >= 4 is 0 Å². The van der Waals surface area contributed by atoms with Crippen molar-refractivity contribution in [1.82, 2.24) is 0 Å². The van der Waals surface area contributed by atoms with Gasteiger partial charge in [-0.1, -0.05) is 18.2 Å². The summed E-state index contributed by atoms with van der Waals surface area (Å²) in [5, 5.41) is 0. The van der Waals surface area contributed by atoms with E-state index in [-0.39, 0.29) is 5.54 Å². The van der Waals surface area contributed by atoms with Crippen molar-refractivity contribution in [2.24, 2.45) is 5.73 Å². The number of ether oxygens (including phenoxy) is 2. The molecular formula is C13H19NO2. The van der Waals surface area contributed by atoms with Crippen LogP contribution in [0.15, 0.2) is 30.3 Å². The molecule has 1 aromatic carbocycles. The normalized spacial score (nSPS) is 19.3. The fourth-order valence-corrected chi connectivity index (χ4v) is 1.92. The summed E-state index contributed by atoms with van der Waals surface area (Å²) in [6.45, 7) is 2.24. The Hall–Kier alpha value is -1.06. The predicted octanol–water partition coefficient (Wildman–Crippen LogP) is 1.96. The molecule has 3 heteroatoms. The van der Waals surface area contributed by atoms with Gasteiger partial charge >= 0.3 is 0 Å². The van der Waals surface area contributed by atoms with Crippen LogP contribution in [0.4, 0.5) is 0 Å². The van der Waals surface area contributed by atoms with E-state index in [1.165, 1.54) is 0 Å². The molecule has 0 unspecified atom stereocenters. The number of hydrogen-bond donors (Lipinski definition) is 1. The minimum Gasteiger partial charge on any atom is -0.494 e. The molecule has 1 aliphatic rings. The maximum Gasteiger partial charge on any atom is 0.119 e. The molecule has 88 valence electrons. The number of rotatable bonds is 4. The van der Waals surface area contributed by atoms with Gasteiger partial charge in [0.1, 0.15) is 5.75 Å². The zero-order valence-corrected chi connectivity index (χ0v) is 9.52. The van der Waals surface area contributed by atoms with Crippen molar-refractivity contribution in [3.05, 3.63) is 30.3 Å². The van der Waals surface area contributed by atoms with Gasteiger partial charge < -0.3 is 15.2 Å². The highest BCUT2D eigenvalue weighted by Crippen LogP contribution is 2.21. The molecule has 16 heavy (non-hydrogen) atoms. The van der Waals surface area contributed by atoms with Gasteiger partial charge in [-0.25, -0.2) is 0 Å². The predicted molar refractivity (Wildman–Crippen MR) is 63.5 cm³/mol. The Labute approximate surface area is 96.5 Å². The summed E-state index contributed by atoms with van der Waals surface area (Å²) in [6.07, 6.45) is 2.77. The second kappa shape index (κ2) is 5.32. The van der Waals surface area contributed by atoms with Crippen LogP contribution in [0.2, 0.25) is 0 Å². The third-order valence-electron chi connectivity index (χ3n) is 3.10. The molecule has 1 fully saturated rings. The molecule has 0 atom stereocenters. The van der Waals surface area contributed by atoms with E-state index in [1.54, 1.807) is 0 Å². The molecule has 0 radical (unpaired) electrons. The van der Waals surface area contributed by atoms with Crippen LogP contribution in [0.5, 0.6) is 5.75 Å². The van der Waals surface area contributed by atoms with Crippen molar-refractivity contribution in [2.75, 3.05) is 19.8 Å². The van der Waals surface area contributed by atoms with Crippen LogP contribution >= 0.6 is 0 Å². The first-order valence-electron chi connectivity index (χ1n) is 5.83. The molecule has 1 heterocycles. The Morgan fingerprint density at radius 3 is 2.56 bits per heavy atom. The minimum absolute atomic E-state index is 0.0902. The highest BCUT2D eigenvalue weighted by molar-refractivity contribution is 5.20. The Kier molecular flexibility index (Phi) is 3.80. The van der Waals surface area contributed by atoms with Crippen molar-refractivity contribution < 1.29 is 9.47 Å². The number of hydrogen-bond acceptors (Lipinski definition) is 3. The maximum absolute atomic E-state index is 6.26. The largest absolute Gasteiger partial charge is 0.494 e. The zero-order chi connectivity index (χ0) is 11.3. The molecule has 0 saturated carbocycles. The summed E-state index contributed by atoms with van der Waals surface area (Å²) >= 11 is 0. The smallest absolute Gasteiger partial charge is 0.119 e. The highest BCUT2D eigenvalue weighted by Gasteiger charge is 2.27. The fourth-order valence-electron chi connectivity index (χ4n) is 1.92. The maximum atomic E-state index is 6.26. The number of benzene rings is 1. The van der Waals surface area contributed by atoms with Gasteiger partial charge in [-0.3, -0.25) is 0 Å². The van der Waals surface area contributed by atoms with Crippen molar-refractivity contribution in [1.29, 1.82) is 0 Å². The lowest BCUT2D eigenvalue weighted by atomic mass is 9.88. The van der Waals surface area contributed by atoms with Crippen LogP contribution in [0.1, 0.15) is 19.3 Å². The van der Waals surface area contributed by atoms with Gasteiger partial charge in [-0.15, -0.1) is 0 Å². The molecule has 1 aromatic rings. The van der Waals surface area contributed by atoms with Gasteiger partial charge in [0.2, 0.25) is 0 Å². The fraction of sp³-hybridized carbons (Fsp3) is 0.538. The van der Waals surface area contributed by atoms with Crippen molar-refractivity contribution in [2.45, 2.75) is 24.8 Å². The number of para-hydroxylation sites is 1. The lowest BCUT2D eigenvalue weighted by Crippen LogP contribution is -2.46. The lowest BCUT2D eigenvalue weighted by molar-refractivity contribution is 0.0451. The van der Waals surface area contributed by atoms with E-state index >= 15 is 0 Å². The second-order valence-corrected chi connectivity index (χ2v) is 4.39. The Bertz CT molecular complexity index is 307. The second-order valence-electron chi connectivity index (χ2n) is 4.39. The van der Waals surface area contributed by atoms with Crippen LogP contribution in [0.3, 0.4) is 0 Å². The summed E-state index contributed by atoms with van der Waals surface area (Å²) in [5.74, 6) is 0.915. The third-order valence-corrected chi connectivity index (χ3v) is 3.10. The highest BCUT2D eigenvalue weighted by atomic mass is 16.5. The summed E-state index contributed by atoms with van der Waals surface area (Å²) < 4.78 is 11.0. The molecule has 1 aliphatic heterocycles. The van der Waals surface area contributed by atoms with Crippen molar-refractivity contribution in [3.63, 3.8) is 0 Å². The van der Waals surface area contributed by atoms with Crippen LogP contribution in [0, 0.1) is 0 Å². The minimum atomic E-state index is -0.0902. The Morgan fingerprint density at radius 1 is 1.19 bits per heavy atom. The number of nitrogens with two attached hydrogens (primary N) is 1. The van der Waals surface area contributed by atoms with Crippen molar-refractivity contribution in [3.8, 4) is 5.75 Å². The van der Waals surface area contributed by atoms with E-state index in [1.807, 2.05) is 30.3 Å². The molecule has 1 saturated heterocycles. The Balaban J connectivity index is 1.75. The van der Waals surface area contributed by atoms with E-state index in [9.17, 15) is 0 Å². The quantitative estimate of drug-likeness (QED) is 0.845. The molecule has 0 aliphatic carbocycles. The first-order valence-corrected chi connectivity index (χ1v) is 5.83. The molecule has 0 bridgehead atoms.